The summed E-state index contributed by atoms with van der Waals surface area (Å²) in [5.74, 6) is 1.70. The Hall–Kier alpha value is -3.83. The van der Waals surface area contributed by atoms with Crippen LogP contribution >= 0.6 is 0 Å². The fraction of sp³-hybridized carbons (Fsp3) is 0.559. The first-order chi connectivity index (χ1) is 21.4. The van der Waals surface area contributed by atoms with Crippen LogP contribution in [0.4, 0.5) is 11.6 Å². The van der Waals surface area contributed by atoms with Crippen LogP contribution in [-0.2, 0) is 15.6 Å². The maximum atomic E-state index is 13.3. The third-order valence-corrected chi connectivity index (χ3v) is 9.31. The molecule has 1 atom stereocenters. The first-order valence-corrected chi connectivity index (χ1v) is 15.7. The Balaban J connectivity index is 1.27. The Kier molecular flexibility index (Phi) is 9.60. The predicted molar refractivity (Wildman–Crippen MR) is 173 cm³/mol. The number of carbonyl (C=O) groups is 1. The van der Waals surface area contributed by atoms with Crippen molar-refractivity contribution in [3.8, 4) is 23.5 Å². The number of carbonyl (C=O) groups excluding carboxylic acids is 1. The fourth-order valence-corrected chi connectivity index (χ4v) is 6.30. The molecule has 3 heterocycles. The van der Waals surface area contributed by atoms with E-state index in [9.17, 15) is 4.79 Å². The minimum atomic E-state index is -0.518. The van der Waals surface area contributed by atoms with Crippen molar-refractivity contribution in [2.75, 3.05) is 64.2 Å². The van der Waals surface area contributed by atoms with Crippen LogP contribution in [0.25, 0.3) is 0 Å². The number of ether oxygens (including phenoxy) is 4. The van der Waals surface area contributed by atoms with Crippen LogP contribution in [0.15, 0.2) is 28.7 Å². The number of nitrogens with one attached hydrogen (secondary N) is 2. The van der Waals surface area contributed by atoms with Gasteiger partial charge in [0.2, 0.25) is 17.7 Å². The van der Waals surface area contributed by atoms with Gasteiger partial charge in [0.1, 0.15) is 5.75 Å². The number of amides is 1. The van der Waals surface area contributed by atoms with Crippen LogP contribution in [0.5, 0.6) is 23.5 Å². The van der Waals surface area contributed by atoms with Crippen molar-refractivity contribution >= 4 is 17.5 Å². The number of hydrogen-bond donors (Lipinski definition) is 2. The summed E-state index contributed by atoms with van der Waals surface area (Å²) in [7, 11) is 2.95. The molecule has 3 aromatic rings. The smallest absolute Gasteiger partial charge is 0.291 e. The number of aromatic nitrogens is 2. The minimum Gasteiger partial charge on any atom is -0.479 e. The van der Waals surface area contributed by atoms with Gasteiger partial charge in [-0.1, -0.05) is 40.7 Å². The van der Waals surface area contributed by atoms with Gasteiger partial charge in [0.15, 0.2) is 11.4 Å². The van der Waals surface area contributed by atoms with Gasteiger partial charge >= 0.3 is 0 Å². The number of fused-ring (bicyclic) bond motifs is 1. The normalized spacial score (nSPS) is 19.0. The molecule has 2 aromatic heterocycles. The van der Waals surface area contributed by atoms with E-state index in [2.05, 4.69) is 72.3 Å². The lowest BCUT2D eigenvalue weighted by atomic mass is 9.58. The summed E-state index contributed by atoms with van der Waals surface area (Å²) in [4.78, 5) is 24.5. The van der Waals surface area contributed by atoms with Crippen LogP contribution in [0.1, 0.15) is 74.7 Å². The molecule has 1 saturated heterocycles. The zero-order chi connectivity index (χ0) is 32.4. The van der Waals surface area contributed by atoms with Crippen molar-refractivity contribution in [1.29, 1.82) is 0 Å². The molecule has 0 spiro atoms. The molecule has 1 aliphatic heterocycles. The van der Waals surface area contributed by atoms with Crippen LogP contribution in [-0.4, -0.2) is 74.4 Å². The number of hydrogen-bond acceptors (Lipinski definition) is 10. The highest BCUT2D eigenvalue weighted by Gasteiger charge is 2.42. The Morgan fingerprint density at radius 3 is 2.40 bits per heavy atom. The molecule has 0 radical (unpaired) electrons. The number of methoxy groups -OCH3 is 2. The highest BCUT2D eigenvalue weighted by Crippen LogP contribution is 2.50. The molecule has 11 nitrogen and oxygen atoms in total. The van der Waals surface area contributed by atoms with Crippen LogP contribution in [0.3, 0.4) is 0 Å². The maximum Gasteiger partial charge on any atom is 0.291 e. The molecular formula is C34H47N5O6. The van der Waals surface area contributed by atoms with Gasteiger partial charge in [0.05, 0.1) is 27.4 Å². The van der Waals surface area contributed by atoms with Gasteiger partial charge in [-0.2, -0.15) is 9.97 Å². The molecule has 5 rings (SSSR count). The van der Waals surface area contributed by atoms with E-state index in [1.165, 1.54) is 25.3 Å². The van der Waals surface area contributed by atoms with E-state index in [-0.39, 0.29) is 40.0 Å². The highest BCUT2D eigenvalue weighted by atomic mass is 16.6. The molecule has 0 saturated carbocycles. The van der Waals surface area contributed by atoms with Gasteiger partial charge < -0.3 is 34.0 Å². The van der Waals surface area contributed by atoms with Gasteiger partial charge in [-0.05, 0) is 71.9 Å². The topological polar surface area (TPSA) is 120 Å². The summed E-state index contributed by atoms with van der Waals surface area (Å²) in [5, 5.41) is 6.00. The quantitative estimate of drug-likeness (QED) is 0.241. The van der Waals surface area contributed by atoms with Gasteiger partial charge in [0, 0.05) is 25.7 Å². The first-order valence-electron chi connectivity index (χ1n) is 15.7. The van der Waals surface area contributed by atoms with E-state index >= 15 is 0 Å². The maximum absolute atomic E-state index is 13.3. The zero-order valence-corrected chi connectivity index (χ0v) is 27.8. The molecule has 244 valence electrons. The number of morpholine rings is 1. The number of rotatable bonds is 11. The molecule has 11 heteroatoms. The van der Waals surface area contributed by atoms with Gasteiger partial charge in [-0.15, -0.1) is 0 Å². The Labute approximate surface area is 266 Å². The monoisotopic (exact) mass is 621 g/mol. The summed E-state index contributed by atoms with van der Waals surface area (Å²) in [6, 6.07) is 7.57. The van der Waals surface area contributed by atoms with E-state index < -0.39 is 5.91 Å². The lowest BCUT2D eigenvalue weighted by molar-refractivity contribution is 0.0378. The van der Waals surface area contributed by atoms with Crippen LogP contribution in [0, 0.1) is 12.8 Å². The summed E-state index contributed by atoms with van der Waals surface area (Å²) in [5.41, 5.74) is 3.92. The number of anilines is 2. The largest absolute Gasteiger partial charge is 0.479 e. The molecule has 2 N–H and O–H groups in total. The Morgan fingerprint density at radius 1 is 1.04 bits per heavy atom. The summed E-state index contributed by atoms with van der Waals surface area (Å²) >= 11 is 0. The number of nitrogens with zero attached hydrogens (tertiary/aromatic N) is 3. The lowest BCUT2D eigenvalue weighted by Crippen LogP contribution is -2.40. The minimum absolute atomic E-state index is 0.0124. The van der Waals surface area contributed by atoms with Crippen LogP contribution in [0.2, 0.25) is 0 Å². The Bertz CT molecular complexity index is 1490. The average Bonchev–Trinajstić information content (AvgIpc) is 3.48. The molecule has 1 aliphatic carbocycles. The van der Waals surface area contributed by atoms with Gasteiger partial charge in [-0.3, -0.25) is 9.69 Å². The SMILES string of the molecule is COc1nc(NCCCN2CCOCC2)nc(OC)c1NC(=O)c1ccc(Oc2cc3c(cc2C)C(C)(C)C(C)CC3(C)C)o1. The second kappa shape index (κ2) is 13.3. The lowest BCUT2D eigenvalue weighted by Gasteiger charge is -2.46. The van der Waals surface area contributed by atoms with Crippen molar-refractivity contribution < 1.29 is 28.2 Å². The summed E-state index contributed by atoms with van der Waals surface area (Å²) < 4.78 is 28.4. The third-order valence-electron chi connectivity index (χ3n) is 9.31. The van der Waals surface area contributed by atoms with Crippen molar-refractivity contribution in [2.45, 2.75) is 65.2 Å². The van der Waals surface area contributed by atoms with Crippen molar-refractivity contribution in [3.63, 3.8) is 0 Å². The van der Waals surface area contributed by atoms with Crippen molar-refractivity contribution in [1.82, 2.24) is 14.9 Å². The van der Waals surface area contributed by atoms with E-state index in [0.717, 1.165) is 51.3 Å². The average molecular weight is 622 g/mol. The zero-order valence-electron chi connectivity index (χ0n) is 27.8. The van der Waals surface area contributed by atoms with E-state index in [0.29, 0.717) is 24.2 Å². The molecule has 2 aliphatic rings. The van der Waals surface area contributed by atoms with Crippen molar-refractivity contribution in [3.05, 3.63) is 46.7 Å². The standard InChI is InChI=1S/C34H47N5O6/c1-21-18-24-23(33(3,4)20-22(2)34(24,5)6)19-26(21)45-27-11-10-25(44-27)29(40)36-28-30(41-7)37-32(38-31(28)42-8)35-12-9-13-39-14-16-43-17-15-39/h10-11,18-19,22H,9,12-17,20H2,1-8H3,(H,36,40)(H,35,37,38). The molecule has 1 unspecified atom stereocenters. The molecular weight excluding hydrogens is 574 g/mol. The van der Waals surface area contributed by atoms with Gasteiger partial charge in [-0.25, -0.2) is 0 Å². The molecule has 1 amide bonds. The van der Waals surface area contributed by atoms with Crippen molar-refractivity contribution in [2.24, 2.45) is 5.92 Å². The molecule has 0 bridgehead atoms. The van der Waals surface area contributed by atoms with Crippen LogP contribution < -0.4 is 24.8 Å². The number of benzene rings is 1. The first kappa shape index (κ1) is 32.6. The van der Waals surface area contributed by atoms with E-state index in [1.54, 1.807) is 12.1 Å². The van der Waals surface area contributed by atoms with E-state index in [1.807, 2.05) is 6.92 Å². The van der Waals surface area contributed by atoms with Gasteiger partial charge in [0.25, 0.3) is 11.9 Å². The number of aryl methyl sites for hydroxylation is 1. The number of furan rings is 1. The predicted octanol–water partition coefficient (Wildman–Crippen LogP) is 6.17. The fourth-order valence-electron chi connectivity index (χ4n) is 6.30. The van der Waals surface area contributed by atoms with E-state index in [4.69, 9.17) is 23.4 Å². The third kappa shape index (κ3) is 7.04. The second-order valence-corrected chi connectivity index (χ2v) is 13.2. The molecule has 1 fully saturated rings. The Morgan fingerprint density at radius 2 is 1.73 bits per heavy atom. The molecule has 1 aromatic carbocycles. The highest BCUT2D eigenvalue weighted by molar-refractivity contribution is 6.03. The second-order valence-electron chi connectivity index (χ2n) is 13.2. The molecule has 45 heavy (non-hydrogen) atoms. The summed E-state index contributed by atoms with van der Waals surface area (Å²) in [6.45, 7) is 18.6. The summed E-state index contributed by atoms with van der Waals surface area (Å²) in [6.07, 6.45) is 2.00.